The molecule has 0 aliphatic heterocycles. The predicted molar refractivity (Wildman–Crippen MR) is 81.0 cm³/mol. The molecule has 0 bridgehead atoms. The van der Waals surface area contributed by atoms with Crippen LogP contribution in [-0.4, -0.2) is 20.9 Å². The van der Waals surface area contributed by atoms with Crippen molar-refractivity contribution in [2.75, 3.05) is 5.32 Å². The highest BCUT2D eigenvalue weighted by atomic mass is 16.1. The van der Waals surface area contributed by atoms with Gasteiger partial charge in [-0.15, -0.1) is 0 Å². The Morgan fingerprint density at radius 1 is 1.24 bits per heavy atom. The molecule has 0 saturated heterocycles. The van der Waals surface area contributed by atoms with E-state index in [2.05, 4.69) is 20.3 Å². The fraction of sp³-hybridized carbons (Fsp3) is 0.0625. The Morgan fingerprint density at radius 3 is 2.86 bits per heavy atom. The van der Waals surface area contributed by atoms with Crippen molar-refractivity contribution in [3.05, 3.63) is 66.4 Å². The SMILES string of the molecule is Cc1[nH]cnc1-c1cccc(NC(=O)c2cccnc2)c1. The molecular formula is C16H14N4O. The largest absolute Gasteiger partial charge is 0.348 e. The predicted octanol–water partition coefficient (Wildman–Crippen LogP) is 3.03. The monoisotopic (exact) mass is 278 g/mol. The van der Waals surface area contributed by atoms with E-state index >= 15 is 0 Å². The highest BCUT2D eigenvalue weighted by Crippen LogP contribution is 2.23. The maximum atomic E-state index is 12.1. The van der Waals surface area contributed by atoms with Gasteiger partial charge in [0.2, 0.25) is 0 Å². The Morgan fingerprint density at radius 2 is 2.14 bits per heavy atom. The molecular weight excluding hydrogens is 264 g/mol. The number of rotatable bonds is 3. The van der Waals surface area contributed by atoms with Crippen LogP contribution in [-0.2, 0) is 0 Å². The van der Waals surface area contributed by atoms with E-state index in [1.807, 2.05) is 31.2 Å². The van der Waals surface area contributed by atoms with Crippen LogP contribution < -0.4 is 5.32 Å². The van der Waals surface area contributed by atoms with Gasteiger partial charge in [-0.3, -0.25) is 9.78 Å². The molecule has 0 spiro atoms. The summed E-state index contributed by atoms with van der Waals surface area (Å²) in [6.07, 6.45) is 4.83. The van der Waals surface area contributed by atoms with Gasteiger partial charge >= 0.3 is 0 Å². The van der Waals surface area contributed by atoms with Crippen LogP contribution in [0.1, 0.15) is 16.1 Å². The number of carbonyl (C=O) groups is 1. The molecule has 3 rings (SSSR count). The number of nitrogens with zero attached hydrogens (tertiary/aromatic N) is 2. The van der Waals surface area contributed by atoms with Gasteiger partial charge in [-0.25, -0.2) is 4.98 Å². The standard InChI is InChI=1S/C16H14N4O/c1-11-15(19-10-18-11)12-4-2-6-14(8-12)20-16(21)13-5-3-7-17-9-13/h2-10H,1H3,(H,18,19)(H,20,21). The van der Waals surface area contributed by atoms with E-state index in [0.717, 1.165) is 22.6 Å². The van der Waals surface area contributed by atoms with Crippen molar-refractivity contribution in [2.45, 2.75) is 6.92 Å². The highest BCUT2D eigenvalue weighted by molar-refractivity contribution is 6.04. The fourth-order valence-electron chi connectivity index (χ4n) is 2.09. The number of H-pyrrole nitrogens is 1. The number of carbonyl (C=O) groups excluding carboxylic acids is 1. The summed E-state index contributed by atoms with van der Waals surface area (Å²) >= 11 is 0. The number of anilines is 1. The molecule has 1 aromatic carbocycles. The van der Waals surface area contributed by atoms with Gasteiger partial charge < -0.3 is 10.3 Å². The number of hydrogen-bond acceptors (Lipinski definition) is 3. The van der Waals surface area contributed by atoms with Crippen LogP contribution in [0.15, 0.2) is 55.1 Å². The zero-order valence-corrected chi connectivity index (χ0v) is 11.5. The normalized spacial score (nSPS) is 10.3. The second-order valence-corrected chi connectivity index (χ2v) is 4.65. The number of benzene rings is 1. The summed E-state index contributed by atoms with van der Waals surface area (Å²) in [5, 5.41) is 2.86. The van der Waals surface area contributed by atoms with Gasteiger partial charge in [0.25, 0.3) is 5.91 Å². The maximum absolute atomic E-state index is 12.1. The van der Waals surface area contributed by atoms with Gasteiger partial charge in [0, 0.05) is 29.3 Å². The minimum absolute atomic E-state index is 0.181. The Bertz CT molecular complexity index is 765. The molecule has 0 unspecified atom stereocenters. The third-order valence-corrected chi connectivity index (χ3v) is 3.15. The molecule has 0 radical (unpaired) electrons. The average Bonchev–Trinajstić information content (AvgIpc) is 2.94. The Kier molecular flexibility index (Phi) is 3.47. The second kappa shape index (κ2) is 5.58. The molecule has 3 aromatic rings. The third-order valence-electron chi connectivity index (χ3n) is 3.15. The van der Waals surface area contributed by atoms with E-state index in [9.17, 15) is 4.79 Å². The molecule has 5 heteroatoms. The van der Waals surface area contributed by atoms with Gasteiger partial charge in [0.1, 0.15) is 0 Å². The summed E-state index contributed by atoms with van der Waals surface area (Å²) in [6.45, 7) is 1.96. The molecule has 0 saturated carbocycles. The van der Waals surface area contributed by atoms with Crippen LogP contribution in [0.2, 0.25) is 0 Å². The van der Waals surface area contributed by atoms with Crippen LogP contribution in [0.3, 0.4) is 0 Å². The fourth-order valence-corrected chi connectivity index (χ4v) is 2.09. The molecule has 0 aliphatic carbocycles. The molecule has 2 heterocycles. The zero-order chi connectivity index (χ0) is 14.7. The van der Waals surface area contributed by atoms with Gasteiger partial charge in [-0.05, 0) is 31.2 Å². The first-order chi connectivity index (χ1) is 10.2. The van der Waals surface area contributed by atoms with Crippen LogP contribution >= 0.6 is 0 Å². The number of imidazole rings is 1. The van der Waals surface area contributed by atoms with Crippen molar-refractivity contribution in [1.82, 2.24) is 15.0 Å². The lowest BCUT2D eigenvalue weighted by Gasteiger charge is -2.07. The number of aromatic amines is 1. The number of nitrogens with one attached hydrogen (secondary N) is 2. The van der Waals surface area contributed by atoms with Crippen LogP contribution in [0.25, 0.3) is 11.3 Å². The lowest BCUT2D eigenvalue weighted by atomic mass is 10.1. The van der Waals surface area contributed by atoms with Crippen molar-refractivity contribution in [1.29, 1.82) is 0 Å². The molecule has 104 valence electrons. The van der Waals surface area contributed by atoms with Crippen molar-refractivity contribution >= 4 is 11.6 Å². The summed E-state index contributed by atoms with van der Waals surface area (Å²) in [5.74, 6) is -0.181. The smallest absolute Gasteiger partial charge is 0.257 e. The summed E-state index contributed by atoms with van der Waals surface area (Å²) in [4.78, 5) is 23.4. The van der Waals surface area contributed by atoms with E-state index < -0.39 is 0 Å². The van der Waals surface area contributed by atoms with Crippen molar-refractivity contribution in [3.63, 3.8) is 0 Å². The quantitative estimate of drug-likeness (QED) is 0.773. The Labute approximate surface area is 122 Å². The lowest BCUT2D eigenvalue weighted by Crippen LogP contribution is -2.11. The lowest BCUT2D eigenvalue weighted by molar-refractivity contribution is 0.102. The van der Waals surface area contributed by atoms with Crippen molar-refractivity contribution in [2.24, 2.45) is 0 Å². The molecule has 5 nitrogen and oxygen atoms in total. The molecule has 0 atom stereocenters. The summed E-state index contributed by atoms with van der Waals surface area (Å²) < 4.78 is 0. The van der Waals surface area contributed by atoms with Gasteiger partial charge in [0.15, 0.2) is 0 Å². The molecule has 2 N–H and O–H groups in total. The molecule has 0 fully saturated rings. The van der Waals surface area contributed by atoms with Gasteiger partial charge in [-0.1, -0.05) is 12.1 Å². The highest BCUT2D eigenvalue weighted by Gasteiger charge is 2.08. The van der Waals surface area contributed by atoms with Crippen LogP contribution in [0.4, 0.5) is 5.69 Å². The molecule has 2 aromatic heterocycles. The maximum Gasteiger partial charge on any atom is 0.257 e. The summed E-state index contributed by atoms with van der Waals surface area (Å²) in [5.41, 5.74) is 4.08. The summed E-state index contributed by atoms with van der Waals surface area (Å²) in [6, 6.07) is 11.1. The summed E-state index contributed by atoms with van der Waals surface area (Å²) in [7, 11) is 0. The van der Waals surface area contributed by atoms with E-state index in [-0.39, 0.29) is 5.91 Å². The molecule has 0 aliphatic rings. The third kappa shape index (κ3) is 2.81. The molecule has 21 heavy (non-hydrogen) atoms. The topological polar surface area (TPSA) is 70.7 Å². The first kappa shape index (κ1) is 13.1. The number of hydrogen-bond donors (Lipinski definition) is 2. The number of aromatic nitrogens is 3. The van der Waals surface area contributed by atoms with Gasteiger partial charge in [0.05, 0.1) is 17.6 Å². The first-order valence-electron chi connectivity index (χ1n) is 6.56. The molecule has 1 amide bonds. The van der Waals surface area contributed by atoms with E-state index in [4.69, 9.17) is 0 Å². The average molecular weight is 278 g/mol. The minimum Gasteiger partial charge on any atom is -0.348 e. The minimum atomic E-state index is -0.181. The van der Waals surface area contributed by atoms with E-state index in [1.54, 1.807) is 24.7 Å². The van der Waals surface area contributed by atoms with Crippen LogP contribution in [0.5, 0.6) is 0 Å². The first-order valence-corrected chi connectivity index (χ1v) is 6.56. The van der Waals surface area contributed by atoms with Gasteiger partial charge in [-0.2, -0.15) is 0 Å². The van der Waals surface area contributed by atoms with Crippen molar-refractivity contribution < 1.29 is 4.79 Å². The van der Waals surface area contributed by atoms with Crippen molar-refractivity contribution in [3.8, 4) is 11.3 Å². The second-order valence-electron chi connectivity index (χ2n) is 4.65. The number of aryl methyl sites for hydroxylation is 1. The van der Waals surface area contributed by atoms with Crippen LogP contribution in [0, 0.1) is 6.92 Å². The number of pyridine rings is 1. The number of amides is 1. The van der Waals surface area contributed by atoms with E-state index in [1.165, 1.54) is 6.20 Å². The van der Waals surface area contributed by atoms with E-state index in [0.29, 0.717) is 5.56 Å². The Hall–Kier alpha value is -2.95. The zero-order valence-electron chi connectivity index (χ0n) is 11.5. The Balaban J connectivity index is 1.84.